The van der Waals surface area contributed by atoms with Crippen LogP contribution in [0.4, 0.5) is 4.39 Å². The van der Waals surface area contributed by atoms with E-state index in [0.29, 0.717) is 29.0 Å². The van der Waals surface area contributed by atoms with Crippen LogP contribution in [0.1, 0.15) is 32.5 Å². The van der Waals surface area contributed by atoms with Crippen molar-refractivity contribution >= 4 is 11.8 Å². The topological polar surface area (TPSA) is 83.5 Å². The Kier molecular flexibility index (Phi) is 7.10. The molecule has 0 radical (unpaired) electrons. The van der Waals surface area contributed by atoms with E-state index in [2.05, 4.69) is 32.6 Å². The summed E-state index contributed by atoms with van der Waals surface area (Å²) in [5.74, 6) is 2.20. The van der Waals surface area contributed by atoms with Crippen molar-refractivity contribution < 1.29 is 9.13 Å². The molecule has 0 amide bonds. The zero-order valence-corrected chi connectivity index (χ0v) is 18.8. The summed E-state index contributed by atoms with van der Waals surface area (Å²) in [4.78, 5) is 0. The van der Waals surface area contributed by atoms with Gasteiger partial charge in [0, 0.05) is 12.1 Å². The zero-order valence-electron chi connectivity index (χ0n) is 18.0. The molecule has 0 saturated heterocycles. The van der Waals surface area contributed by atoms with Crippen molar-refractivity contribution in [2.45, 2.75) is 44.1 Å². The predicted molar refractivity (Wildman–Crippen MR) is 120 cm³/mol. The van der Waals surface area contributed by atoms with Crippen molar-refractivity contribution in [1.29, 1.82) is 0 Å². The number of rotatable bonds is 10. The number of halogens is 1. The van der Waals surface area contributed by atoms with Gasteiger partial charge in [0.25, 0.3) is 0 Å². The third-order valence-electron chi connectivity index (χ3n) is 4.81. The fourth-order valence-corrected chi connectivity index (χ4v) is 4.08. The molecule has 10 heteroatoms. The van der Waals surface area contributed by atoms with E-state index in [1.54, 1.807) is 27.4 Å². The Morgan fingerprint density at radius 2 is 1.81 bits per heavy atom. The van der Waals surface area contributed by atoms with E-state index in [0.717, 1.165) is 36.5 Å². The predicted octanol–water partition coefficient (Wildman–Crippen LogP) is 4.55. The molecule has 4 rings (SSSR count). The van der Waals surface area contributed by atoms with Crippen LogP contribution in [-0.2, 0) is 12.3 Å². The Bertz CT molecular complexity index is 1160. The van der Waals surface area contributed by atoms with E-state index in [1.165, 1.54) is 17.8 Å². The average molecular weight is 454 g/mol. The van der Waals surface area contributed by atoms with Gasteiger partial charge in [0.2, 0.25) is 0 Å². The van der Waals surface area contributed by atoms with Gasteiger partial charge in [-0.2, -0.15) is 0 Å². The Labute approximate surface area is 189 Å². The van der Waals surface area contributed by atoms with Gasteiger partial charge >= 0.3 is 0 Å². The third kappa shape index (κ3) is 4.80. The van der Waals surface area contributed by atoms with E-state index < -0.39 is 0 Å². The number of nitrogens with zero attached hydrogens (tertiary/aromatic N) is 7. The Morgan fingerprint density at radius 3 is 2.56 bits per heavy atom. The summed E-state index contributed by atoms with van der Waals surface area (Å²) < 4.78 is 23.8. The van der Waals surface area contributed by atoms with Crippen molar-refractivity contribution in [2.24, 2.45) is 0 Å². The molecule has 0 aliphatic rings. The molecule has 0 atom stereocenters. The monoisotopic (exact) mass is 453 g/mol. The first-order valence-corrected chi connectivity index (χ1v) is 11.5. The minimum absolute atomic E-state index is 0.353. The van der Waals surface area contributed by atoms with E-state index in [1.807, 2.05) is 31.2 Å². The van der Waals surface area contributed by atoms with Gasteiger partial charge in [-0.3, -0.25) is 4.57 Å². The lowest BCUT2D eigenvalue weighted by Gasteiger charge is -2.11. The normalized spacial score (nSPS) is 11.1. The summed E-state index contributed by atoms with van der Waals surface area (Å²) in [6, 6.07) is 14.1. The molecular weight excluding hydrogens is 429 g/mol. The summed E-state index contributed by atoms with van der Waals surface area (Å²) in [5.41, 5.74) is 1.19. The Morgan fingerprint density at radius 1 is 1.00 bits per heavy atom. The van der Waals surface area contributed by atoms with Crippen LogP contribution in [0.2, 0.25) is 0 Å². The number of tetrazole rings is 1. The van der Waals surface area contributed by atoms with Gasteiger partial charge < -0.3 is 4.74 Å². The molecule has 166 valence electrons. The molecular formula is C22H24FN7OS. The minimum Gasteiger partial charge on any atom is -0.494 e. The van der Waals surface area contributed by atoms with Gasteiger partial charge in [0.15, 0.2) is 16.8 Å². The third-order valence-corrected chi connectivity index (χ3v) is 5.74. The molecule has 0 aliphatic heterocycles. The molecule has 4 aromatic rings. The zero-order chi connectivity index (χ0) is 22.3. The minimum atomic E-state index is -0.353. The lowest BCUT2D eigenvalue weighted by molar-refractivity contribution is 0.340. The molecule has 8 nitrogen and oxygen atoms in total. The molecule has 0 aliphatic carbocycles. The quantitative estimate of drug-likeness (QED) is 0.326. The number of hydrogen-bond acceptors (Lipinski definition) is 7. The highest BCUT2D eigenvalue weighted by atomic mass is 32.2. The summed E-state index contributed by atoms with van der Waals surface area (Å²) in [5, 5.41) is 21.3. The van der Waals surface area contributed by atoms with Gasteiger partial charge in [-0.05, 0) is 60.2 Å². The van der Waals surface area contributed by atoms with Crippen molar-refractivity contribution in [1.82, 2.24) is 35.0 Å². The van der Waals surface area contributed by atoms with Crippen LogP contribution in [-0.4, -0.2) is 41.6 Å². The first-order chi connectivity index (χ1) is 15.7. The molecule has 32 heavy (non-hydrogen) atoms. The number of benzene rings is 2. The summed E-state index contributed by atoms with van der Waals surface area (Å²) in [6.07, 6.45) is 2.05. The molecule has 0 unspecified atom stereocenters. The highest BCUT2D eigenvalue weighted by Crippen LogP contribution is 2.31. The molecule has 0 N–H and O–H groups in total. The van der Waals surface area contributed by atoms with Crippen molar-refractivity contribution in [3.8, 4) is 22.8 Å². The fourth-order valence-electron chi connectivity index (χ4n) is 3.20. The average Bonchev–Trinajstić information content (AvgIpc) is 3.44. The molecule has 0 fully saturated rings. The number of aryl methyl sites for hydroxylation is 1. The number of unbranched alkanes of at least 4 members (excludes halogenated alkanes) is 1. The van der Waals surface area contributed by atoms with Gasteiger partial charge in [0.05, 0.1) is 18.0 Å². The van der Waals surface area contributed by atoms with Crippen LogP contribution in [0.15, 0.2) is 53.7 Å². The maximum absolute atomic E-state index is 14.8. The van der Waals surface area contributed by atoms with Crippen LogP contribution in [0.3, 0.4) is 0 Å². The molecule has 0 bridgehead atoms. The first-order valence-electron chi connectivity index (χ1n) is 10.5. The van der Waals surface area contributed by atoms with Crippen LogP contribution in [0.5, 0.6) is 5.75 Å². The summed E-state index contributed by atoms with van der Waals surface area (Å²) in [6.45, 7) is 5.41. The maximum atomic E-state index is 14.8. The summed E-state index contributed by atoms with van der Waals surface area (Å²) >= 11 is 1.42. The molecule has 2 aromatic heterocycles. The number of ether oxygens (including phenoxy) is 1. The maximum Gasteiger partial charge on any atom is 0.196 e. The molecule has 0 spiro atoms. The second kappa shape index (κ2) is 10.4. The molecule has 2 aromatic carbocycles. The number of para-hydroxylation sites is 1. The highest BCUT2D eigenvalue weighted by molar-refractivity contribution is 7.98. The SMILES string of the molecule is CCCCn1nnnc1CSc1nnc(-c2ccc(OCC)cc2)n1-c1ccccc1F. The summed E-state index contributed by atoms with van der Waals surface area (Å²) in [7, 11) is 0. The fraction of sp³-hybridized carbons (Fsp3) is 0.318. The van der Waals surface area contributed by atoms with Crippen molar-refractivity contribution in [3.05, 3.63) is 60.2 Å². The largest absolute Gasteiger partial charge is 0.494 e. The number of thioether (sulfide) groups is 1. The standard InChI is InChI=1S/C22H24FN7OS/c1-3-5-14-29-20(24-27-28-29)15-32-22-26-25-21(16-10-12-17(13-11-16)31-4-2)30(22)19-9-7-6-8-18(19)23/h6-13H,3-5,14-15H2,1-2H3. The van der Waals surface area contributed by atoms with Gasteiger partial charge in [-0.25, -0.2) is 9.07 Å². The smallest absolute Gasteiger partial charge is 0.196 e. The van der Waals surface area contributed by atoms with E-state index in [-0.39, 0.29) is 5.82 Å². The van der Waals surface area contributed by atoms with Crippen LogP contribution >= 0.6 is 11.8 Å². The van der Waals surface area contributed by atoms with Gasteiger partial charge in [0.1, 0.15) is 11.6 Å². The van der Waals surface area contributed by atoms with Crippen molar-refractivity contribution in [2.75, 3.05) is 6.61 Å². The van der Waals surface area contributed by atoms with E-state index in [9.17, 15) is 4.39 Å². The van der Waals surface area contributed by atoms with E-state index in [4.69, 9.17) is 4.74 Å². The van der Waals surface area contributed by atoms with Gasteiger partial charge in [-0.15, -0.1) is 15.3 Å². The van der Waals surface area contributed by atoms with Crippen molar-refractivity contribution in [3.63, 3.8) is 0 Å². The van der Waals surface area contributed by atoms with Crippen LogP contribution < -0.4 is 4.74 Å². The number of aromatic nitrogens is 7. The second-order valence-corrected chi connectivity index (χ2v) is 7.95. The highest BCUT2D eigenvalue weighted by Gasteiger charge is 2.19. The Hall–Kier alpha value is -3.27. The molecule has 2 heterocycles. The van der Waals surface area contributed by atoms with Crippen LogP contribution in [0, 0.1) is 5.82 Å². The Balaban J connectivity index is 1.67. The van der Waals surface area contributed by atoms with E-state index >= 15 is 0 Å². The lowest BCUT2D eigenvalue weighted by atomic mass is 10.2. The first kappa shape index (κ1) is 21.9. The van der Waals surface area contributed by atoms with Gasteiger partial charge in [-0.1, -0.05) is 37.2 Å². The van der Waals surface area contributed by atoms with Crippen LogP contribution in [0.25, 0.3) is 17.1 Å². The lowest BCUT2D eigenvalue weighted by Crippen LogP contribution is -2.06. The number of hydrogen-bond donors (Lipinski definition) is 0. The second-order valence-electron chi connectivity index (χ2n) is 7.01. The molecule has 0 saturated carbocycles.